The number of fused-ring (bicyclic) bond motifs is 3. The zero-order valence-electron chi connectivity index (χ0n) is 12.2. The Labute approximate surface area is 113 Å². The third-order valence-corrected chi connectivity index (χ3v) is 3.75. The highest BCUT2D eigenvalue weighted by atomic mass is 16.5. The zero-order chi connectivity index (χ0) is 13.8. The Morgan fingerprint density at radius 1 is 1.05 bits per heavy atom. The standard InChI is InChI=1S/C16H20N2O/c1-16(2,3)18-10-13-14(15(18)19-5)11-8-6-7-9-12(11)17(13)4/h6-10H,1-5H3. The number of methoxy groups -OCH3 is 1. The molecule has 2 aromatic heterocycles. The number of rotatable bonds is 1. The predicted octanol–water partition coefficient (Wildman–Crippen LogP) is 3.90. The number of nitrogens with zero attached hydrogens (tertiary/aromatic N) is 2. The van der Waals surface area contributed by atoms with Crippen LogP contribution in [0.15, 0.2) is 30.5 Å². The summed E-state index contributed by atoms with van der Waals surface area (Å²) >= 11 is 0. The Kier molecular flexibility index (Phi) is 2.43. The van der Waals surface area contributed by atoms with Gasteiger partial charge in [0.25, 0.3) is 0 Å². The number of aryl methyl sites for hydroxylation is 1. The van der Waals surface area contributed by atoms with Crippen LogP contribution >= 0.6 is 0 Å². The van der Waals surface area contributed by atoms with E-state index in [9.17, 15) is 0 Å². The molecule has 19 heavy (non-hydrogen) atoms. The summed E-state index contributed by atoms with van der Waals surface area (Å²) in [6.45, 7) is 6.57. The maximum absolute atomic E-state index is 5.70. The van der Waals surface area contributed by atoms with E-state index in [1.54, 1.807) is 7.11 Å². The fourth-order valence-electron chi connectivity index (χ4n) is 2.79. The van der Waals surface area contributed by atoms with Crippen molar-refractivity contribution in [3.8, 4) is 5.88 Å². The highest BCUT2D eigenvalue weighted by molar-refractivity contribution is 6.11. The Balaban J connectivity index is 2.51. The summed E-state index contributed by atoms with van der Waals surface area (Å²) in [6.07, 6.45) is 2.19. The van der Waals surface area contributed by atoms with Gasteiger partial charge in [-0.15, -0.1) is 0 Å². The maximum atomic E-state index is 5.70. The molecule has 0 unspecified atom stereocenters. The Bertz CT molecular complexity index is 756. The molecule has 3 rings (SSSR count). The number of benzene rings is 1. The molecule has 100 valence electrons. The van der Waals surface area contributed by atoms with Gasteiger partial charge in [-0.25, -0.2) is 0 Å². The SMILES string of the molecule is COc1c2c3ccccc3n(C)c2cn1C(C)(C)C. The number of hydrogen-bond acceptors (Lipinski definition) is 1. The van der Waals surface area contributed by atoms with Gasteiger partial charge in [0.2, 0.25) is 5.88 Å². The summed E-state index contributed by atoms with van der Waals surface area (Å²) in [7, 11) is 3.86. The lowest BCUT2D eigenvalue weighted by Gasteiger charge is -2.23. The van der Waals surface area contributed by atoms with Crippen molar-refractivity contribution in [1.82, 2.24) is 9.13 Å². The van der Waals surface area contributed by atoms with Crippen LogP contribution in [0.4, 0.5) is 0 Å². The minimum atomic E-state index is 0.00542. The van der Waals surface area contributed by atoms with Crippen LogP contribution in [0.2, 0.25) is 0 Å². The zero-order valence-corrected chi connectivity index (χ0v) is 12.2. The number of para-hydroxylation sites is 1. The van der Waals surface area contributed by atoms with E-state index < -0.39 is 0 Å². The molecule has 0 saturated carbocycles. The van der Waals surface area contributed by atoms with E-state index in [0.717, 1.165) is 5.88 Å². The lowest BCUT2D eigenvalue weighted by molar-refractivity contribution is 0.312. The van der Waals surface area contributed by atoms with Crippen LogP contribution in [0.3, 0.4) is 0 Å². The van der Waals surface area contributed by atoms with Crippen LogP contribution in [0.25, 0.3) is 21.8 Å². The predicted molar refractivity (Wildman–Crippen MR) is 80.0 cm³/mol. The first-order valence-electron chi connectivity index (χ1n) is 6.58. The largest absolute Gasteiger partial charge is 0.482 e. The maximum Gasteiger partial charge on any atom is 0.204 e. The number of ether oxygens (including phenoxy) is 1. The van der Waals surface area contributed by atoms with Crippen LogP contribution in [0, 0.1) is 0 Å². The van der Waals surface area contributed by atoms with Gasteiger partial charge in [0.1, 0.15) is 0 Å². The molecule has 0 amide bonds. The van der Waals surface area contributed by atoms with E-state index in [1.165, 1.54) is 21.8 Å². The highest BCUT2D eigenvalue weighted by Crippen LogP contribution is 2.39. The molecule has 0 fully saturated rings. The molecular formula is C16H20N2O. The van der Waals surface area contributed by atoms with Crippen molar-refractivity contribution in [2.45, 2.75) is 26.3 Å². The molecular weight excluding hydrogens is 236 g/mol. The van der Waals surface area contributed by atoms with Crippen LogP contribution < -0.4 is 4.74 Å². The second-order valence-corrected chi connectivity index (χ2v) is 6.02. The number of hydrogen-bond donors (Lipinski definition) is 0. The smallest absolute Gasteiger partial charge is 0.204 e. The summed E-state index contributed by atoms with van der Waals surface area (Å²) in [4.78, 5) is 0. The van der Waals surface area contributed by atoms with Crippen molar-refractivity contribution in [2.24, 2.45) is 7.05 Å². The summed E-state index contributed by atoms with van der Waals surface area (Å²) < 4.78 is 10.1. The van der Waals surface area contributed by atoms with Gasteiger partial charge < -0.3 is 13.9 Å². The van der Waals surface area contributed by atoms with Crippen molar-refractivity contribution in [1.29, 1.82) is 0 Å². The second-order valence-electron chi connectivity index (χ2n) is 6.02. The number of aromatic nitrogens is 2. The third-order valence-electron chi connectivity index (χ3n) is 3.75. The summed E-state index contributed by atoms with van der Waals surface area (Å²) in [5.41, 5.74) is 2.46. The van der Waals surface area contributed by atoms with E-state index in [-0.39, 0.29) is 5.54 Å². The lowest BCUT2D eigenvalue weighted by Crippen LogP contribution is -2.21. The average Bonchev–Trinajstić information content (AvgIpc) is 2.87. The Hall–Kier alpha value is -1.90. The van der Waals surface area contributed by atoms with Crippen LogP contribution in [-0.4, -0.2) is 16.2 Å². The van der Waals surface area contributed by atoms with Crippen LogP contribution in [0.1, 0.15) is 20.8 Å². The van der Waals surface area contributed by atoms with E-state index in [4.69, 9.17) is 4.74 Å². The molecule has 0 aliphatic rings. The molecule has 0 aliphatic heterocycles. The first-order valence-corrected chi connectivity index (χ1v) is 6.58. The monoisotopic (exact) mass is 256 g/mol. The van der Waals surface area contributed by atoms with Gasteiger partial charge in [-0.05, 0) is 26.8 Å². The molecule has 0 saturated heterocycles. The van der Waals surface area contributed by atoms with E-state index in [0.29, 0.717) is 0 Å². The van der Waals surface area contributed by atoms with Gasteiger partial charge >= 0.3 is 0 Å². The van der Waals surface area contributed by atoms with E-state index in [1.807, 2.05) is 0 Å². The van der Waals surface area contributed by atoms with Gasteiger partial charge in [0.05, 0.1) is 18.0 Å². The van der Waals surface area contributed by atoms with Crippen LogP contribution in [0.5, 0.6) is 5.88 Å². The Morgan fingerprint density at radius 3 is 2.37 bits per heavy atom. The molecule has 0 radical (unpaired) electrons. The molecule has 0 N–H and O–H groups in total. The minimum absolute atomic E-state index is 0.00542. The first kappa shape index (κ1) is 12.2. The lowest BCUT2D eigenvalue weighted by atomic mass is 10.1. The quantitative estimate of drug-likeness (QED) is 0.646. The Morgan fingerprint density at radius 2 is 1.74 bits per heavy atom. The van der Waals surface area contributed by atoms with Crippen molar-refractivity contribution in [3.05, 3.63) is 30.5 Å². The van der Waals surface area contributed by atoms with Crippen LogP contribution in [-0.2, 0) is 12.6 Å². The molecule has 2 heterocycles. The van der Waals surface area contributed by atoms with Crippen molar-refractivity contribution < 1.29 is 4.74 Å². The molecule has 0 bridgehead atoms. The first-order chi connectivity index (χ1) is 8.95. The molecule has 0 atom stereocenters. The van der Waals surface area contributed by atoms with Crippen molar-refractivity contribution in [3.63, 3.8) is 0 Å². The minimum Gasteiger partial charge on any atom is -0.482 e. The van der Waals surface area contributed by atoms with Crippen molar-refractivity contribution in [2.75, 3.05) is 7.11 Å². The molecule has 0 aliphatic carbocycles. The molecule has 3 aromatic rings. The van der Waals surface area contributed by atoms with E-state index >= 15 is 0 Å². The molecule has 1 aromatic carbocycles. The van der Waals surface area contributed by atoms with Gasteiger partial charge in [-0.2, -0.15) is 0 Å². The summed E-state index contributed by atoms with van der Waals surface area (Å²) in [6, 6.07) is 8.46. The van der Waals surface area contributed by atoms with Gasteiger partial charge in [-0.1, -0.05) is 18.2 Å². The van der Waals surface area contributed by atoms with Gasteiger partial charge in [0.15, 0.2) is 0 Å². The van der Waals surface area contributed by atoms with Crippen molar-refractivity contribution >= 4 is 21.8 Å². The molecule has 3 nitrogen and oxygen atoms in total. The fraction of sp³-hybridized carbons (Fsp3) is 0.375. The molecule has 3 heteroatoms. The second kappa shape index (κ2) is 3.80. The third kappa shape index (κ3) is 1.57. The average molecular weight is 256 g/mol. The summed E-state index contributed by atoms with van der Waals surface area (Å²) in [5.74, 6) is 0.944. The van der Waals surface area contributed by atoms with Gasteiger partial charge in [-0.3, -0.25) is 0 Å². The van der Waals surface area contributed by atoms with E-state index in [2.05, 4.69) is 67.4 Å². The highest BCUT2D eigenvalue weighted by Gasteiger charge is 2.23. The fourth-order valence-corrected chi connectivity index (χ4v) is 2.79. The topological polar surface area (TPSA) is 19.1 Å². The molecule has 0 spiro atoms. The van der Waals surface area contributed by atoms with Gasteiger partial charge in [0, 0.05) is 29.7 Å². The normalized spacial score (nSPS) is 12.5. The summed E-state index contributed by atoms with van der Waals surface area (Å²) in [5, 5.41) is 2.45.